The lowest BCUT2D eigenvalue weighted by Crippen LogP contribution is -2.53. The summed E-state index contributed by atoms with van der Waals surface area (Å²) in [5.41, 5.74) is 1.06. The van der Waals surface area contributed by atoms with Crippen molar-refractivity contribution in [2.45, 2.75) is 51.0 Å². The molecule has 7 nitrogen and oxygen atoms in total. The highest BCUT2D eigenvalue weighted by Gasteiger charge is 2.37. The van der Waals surface area contributed by atoms with Crippen LogP contribution in [0.25, 0.3) is 0 Å². The lowest BCUT2D eigenvalue weighted by molar-refractivity contribution is -0.142. The Kier molecular flexibility index (Phi) is 7.55. The summed E-state index contributed by atoms with van der Waals surface area (Å²) in [4.78, 5) is 44.2. The number of anilines is 1. The van der Waals surface area contributed by atoms with Crippen molar-refractivity contribution in [1.82, 2.24) is 15.1 Å². The molecule has 174 valence electrons. The Balaban J connectivity index is 1.24. The molecule has 3 amide bonds. The predicted octanol–water partition coefficient (Wildman–Crippen LogP) is 2.68. The summed E-state index contributed by atoms with van der Waals surface area (Å²) in [6, 6.07) is 7.29. The Morgan fingerprint density at radius 2 is 1.69 bits per heavy atom. The minimum absolute atomic E-state index is 0.0159. The van der Waals surface area contributed by atoms with E-state index < -0.39 is 6.04 Å². The summed E-state index contributed by atoms with van der Waals surface area (Å²) in [6.07, 6.45) is 6.78. The lowest BCUT2D eigenvalue weighted by Gasteiger charge is -2.36. The summed E-state index contributed by atoms with van der Waals surface area (Å²) < 4.78 is 0. The first kappa shape index (κ1) is 22.9. The highest BCUT2D eigenvalue weighted by molar-refractivity contribution is 6.30. The third kappa shape index (κ3) is 5.37. The molecule has 1 unspecified atom stereocenters. The molecule has 2 heterocycles. The third-order valence-corrected chi connectivity index (χ3v) is 7.25. The van der Waals surface area contributed by atoms with Gasteiger partial charge in [0.25, 0.3) is 0 Å². The monoisotopic (exact) mass is 460 g/mol. The Labute approximate surface area is 195 Å². The van der Waals surface area contributed by atoms with E-state index in [1.165, 1.54) is 6.42 Å². The molecule has 1 N–H and O–H groups in total. The number of piperazine rings is 1. The van der Waals surface area contributed by atoms with Crippen molar-refractivity contribution < 1.29 is 14.4 Å². The van der Waals surface area contributed by atoms with Gasteiger partial charge in [0.15, 0.2) is 0 Å². The number of likely N-dealkylation sites (tertiary alicyclic amines) is 1. The van der Waals surface area contributed by atoms with Crippen LogP contribution in [-0.4, -0.2) is 72.8 Å². The Morgan fingerprint density at radius 1 is 0.938 bits per heavy atom. The molecule has 1 saturated carbocycles. The fraction of sp³-hybridized carbons (Fsp3) is 0.625. The van der Waals surface area contributed by atoms with Gasteiger partial charge in [-0.05, 0) is 43.9 Å². The average Bonchev–Trinajstić information content (AvgIpc) is 3.32. The van der Waals surface area contributed by atoms with E-state index in [9.17, 15) is 14.4 Å². The molecule has 1 aromatic carbocycles. The van der Waals surface area contributed by atoms with Gasteiger partial charge in [-0.3, -0.25) is 14.4 Å². The summed E-state index contributed by atoms with van der Waals surface area (Å²) in [7, 11) is 0. The first-order chi connectivity index (χ1) is 15.5. The van der Waals surface area contributed by atoms with Gasteiger partial charge in [0.2, 0.25) is 17.7 Å². The van der Waals surface area contributed by atoms with Gasteiger partial charge in [-0.2, -0.15) is 0 Å². The first-order valence-electron chi connectivity index (χ1n) is 11.9. The van der Waals surface area contributed by atoms with E-state index in [-0.39, 0.29) is 30.2 Å². The maximum Gasteiger partial charge on any atom is 0.243 e. The van der Waals surface area contributed by atoms with Gasteiger partial charge in [-0.1, -0.05) is 36.9 Å². The zero-order valence-corrected chi connectivity index (χ0v) is 19.4. The van der Waals surface area contributed by atoms with E-state index in [4.69, 9.17) is 11.6 Å². The van der Waals surface area contributed by atoms with Crippen molar-refractivity contribution >= 4 is 35.0 Å². The minimum atomic E-state index is -0.433. The highest BCUT2D eigenvalue weighted by Crippen LogP contribution is 2.29. The van der Waals surface area contributed by atoms with Gasteiger partial charge in [-0.25, -0.2) is 0 Å². The molecule has 0 aromatic heterocycles. The molecule has 4 rings (SSSR count). The number of nitrogens with zero attached hydrogens (tertiary/aromatic N) is 3. The Bertz CT molecular complexity index is 834. The second kappa shape index (κ2) is 10.6. The van der Waals surface area contributed by atoms with Gasteiger partial charge >= 0.3 is 0 Å². The van der Waals surface area contributed by atoms with E-state index in [2.05, 4.69) is 10.2 Å². The van der Waals surface area contributed by atoms with Crippen molar-refractivity contribution in [3.63, 3.8) is 0 Å². The fourth-order valence-electron chi connectivity index (χ4n) is 5.17. The standard InChI is InChI=1S/C24H33ClN4O3/c25-19-8-4-9-20(16-19)27-12-14-28(15-13-27)22(30)17-26-23(31)21-10-5-11-29(21)24(32)18-6-2-1-3-7-18/h4,8-9,16,18,21H,1-3,5-7,10-15,17H2,(H,26,31). The maximum absolute atomic E-state index is 12.9. The van der Waals surface area contributed by atoms with Crippen LogP contribution < -0.4 is 10.2 Å². The average molecular weight is 461 g/mol. The zero-order valence-electron chi connectivity index (χ0n) is 18.6. The Morgan fingerprint density at radius 3 is 2.41 bits per heavy atom. The van der Waals surface area contributed by atoms with Gasteiger partial charge in [0, 0.05) is 49.4 Å². The van der Waals surface area contributed by atoms with Crippen LogP contribution in [0.1, 0.15) is 44.9 Å². The van der Waals surface area contributed by atoms with Gasteiger partial charge < -0.3 is 20.0 Å². The normalized spacial score (nSPS) is 22.2. The number of nitrogens with one attached hydrogen (secondary N) is 1. The van der Waals surface area contributed by atoms with Crippen molar-refractivity contribution in [2.75, 3.05) is 44.2 Å². The second-order valence-corrected chi connectivity index (χ2v) is 9.53. The fourth-order valence-corrected chi connectivity index (χ4v) is 5.35. The van der Waals surface area contributed by atoms with Crippen molar-refractivity contribution in [3.8, 4) is 0 Å². The smallest absolute Gasteiger partial charge is 0.243 e. The van der Waals surface area contributed by atoms with Crippen molar-refractivity contribution in [2.24, 2.45) is 5.92 Å². The molecule has 2 saturated heterocycles. The van der Waals surface area contributed by atoms with Crippen LogP contribution in [0.3, 0.4) is 0 Å². The van der Waals surface area contributed by atoms with Crippen LogP contribution in [-0.2, 0) is 14.4 Å². The van der Waals surface area contributed by atoms with Gasteiger partial charge in [-0.15, -0.1) is 0 Å². The quantitative estimate of drug-likeness (QED) is 0.733. The number of amides is 3. The second-order valence-electron chi connectivity index (χ2n) is 9.09. The summed E-state index contributed by atoms with van der Waals surface area (Å²) in [6.45, 7) is 3.30. The highest BCUT2D eigenvalue weighted by atomic mass is 35.5. The summed E-state index contributed by atoms with van der Waals surface area (Å²) >= 11 is 6.09. The first-order valence-corrected chi connectivity index (χ1v) is 12.3. The number of carbonyl (C=O) groups is 3. The van der Waals surface area contributed by atoms with Crippen LogP contribution in [0, 0.1) is 5.92 Å². The lowest BCUT2D eigenvalue weighted by atomic mass is 9.88. The SMILES string of the molecule is O=C(NCC(=O)N1CCN(c2cccc(Cl)c2)CC1)C1CCCN1C(=O)C1CCCCC1. The van der Waals surface area contributed by atoms with Crippen LogP contribution in [0.4, 0.5) is 5.69 Å². The van der Waals surface area contributed by atoms with Crippen LogP contribution >= 0.6 is 11.6 Å². The number of benzene rings is 1. The summed E-state index contributed by atoms with van der Waals surface area (Å²) in [5.74, 6) is -0.0785. The molecule has 1 atom stereocenters. The topological polar surface area (TPSA) is 73.0 Å². The molecule has 0 radical (unpaired) electrons. The molecule has 0 bridgehead atoms. The molecule has 1 aromatic rings. The number of rotatable bonds is 5. The molecule has 2 aliphatic heterocycles. The van der Waals surface area contributed by atoms with E-state index in [0.29, 0.717) is 31.1 Å². The molecule has 3 fully saturated rings. The molecule has 32 heavy (non-hydrogen) atoms. The third-order valence-electron chi connectivity index (χ3n) is 7.01. The molecule has 8 heteroatoms. The minimum Gasteiger partial charge on any atom is -0.368 e. The van der Waals surface area contributed by atoms with E-state index in [1.807, 2.05) is 24.3 Å². The van der Waals surface area contributed by atoms with E-state index in [0.717, 1.165) is 50.9 Å². The van der Waals surface area contributed by atoms with Crippen molar-refractivity contribution in [3.05, 3.63) is 29.3 Å². The molecular weight excluding hydrogens is 428 g/mol. The van der Waals surface area contributed by atoms with Gasteiger partial charge in [0.05, 0.1) is 6.54 Å². The summed E-state index contributed by atoms with van der Waals surface area (Å²) in [5, 5.41) is 3.51. The number of halogens is 1. The maximum atomic E-state index is 12.9. The number of hydrogen-bond donors (Lipinski definition) is 1. The molecular formula is C24H33ClN4O3. The Hall–Kier alpha value is -2.28. The molecule has 0 spiro atoms. The number of hydrogen-bond acceptors (Lipinski definition) is 4. The zero-order chi connectivity index (χ0) is 22.5. The molecule has 3 aliphatic rings. The van der Waals surface area contributed by atoms with E-state index >= 15 is 0 Å². The van der Waals surface area contributed by atoms with Crippen LogP contribution in [0.2, 0.25) is 5.02 Å². The van der Waals surface area contributed by atoms with Crippen molar-refractivity contribution in [1.29, 1.82) is 0 Å². The van der Waals surface area contributed by atoms with Crippen LogP contribution in [0.5, 0.6) is 0 Å². The predicted molar refractivity (Wildman–Crippen MR) is 125 cm³/mol. The number of carbonyl (C=O) groups excluding carboxylic acids is 3. The van der Waals surface area contributed by atoms with E-state index in [1.54, 1.807) is 9.80 Å². The van der Waals surface area contributed by atoms with Crippen LogP contribution in [0.15, 0.2) is 24.3 Å². The largest absolute Gasteiger partial charge is 0.368 e. The van der Waals surface area contributed by atoms with Gasteiger partial charge in [0.1, 0.15) is 6.04 Å². The molecule has 1 aliphatic carbocycles.